The van der Waals surface area contributed by atoms with Crippen molar-refractivity contribution in [3.63, 3.8) is 0 Å². The number of rotatable bonds is 3. The molecule has 1 aromatic rings. The summed E-state index contributed by atoms with van der Waals surface area (Å²) in [4.78, 5) is 22.4. The van der Waals surface area contributed by atoms with E-state index >= 15 is 0 Å². The van der Waals surface area contributed by atoms with Gasteiger partial charge in [-0.05, 0) is 31.0 Å². The molecular formula is C13H12F3NO3. The minimum atomic E-state index is -4.49. The fraction of sp³-hybridized carbons (Fsp3) is 0.385. The van der Waals surface area contributed by atoms with Crippen molar-refractivity contribution in [2.75, 3.05) is 5.32 Å². The topological polar surface area (TPSA) is 66.4 Å². The molecule has 108 valence electrons. The van der Waals surface area contributed by atoms with E-state index in [0.717, 1.165) is 6.07 Å². The molecule has 1 amide bonds. The van der Waals surface area contributed by atoms with Gasteiger partial charge in [-0.2, -0.15) is 13.2 Å². The molecule has 2 N–H and O–H groups in total. The molecule has 1 aromatic carbocycles. The summed E-state index contributed by atoms with van der Waals surface area (Å²) < 4.78 is 38.1. The summed E-state index contributed by atoms with van der Waals surface area (Å²) in [7, 11) is 0. The average Bonchev–Trinajstić information content (AvgIpc) is 3.10. The zero-order chi connectivity index (χ0) is 15.1. The van der Waals surface area contributed by atoms with Gasteiger partial charge in [-0.1, -0.05) is 6.07 Å². The predicted octanol–water partition coefficient (Wildman–Crippen LogP) is 2.67. The smallest absolute Gasteiger partial charge is 0.416 e. The monoisotopic (exact) mass is 287 g/mol. The van der Waals surface area contributed by atoms with Crippen LogP contribution >= 0.6 is 0 Å². The Bertz CT molecular complexity index is 568. The van der Waals surface area contributed by atoms with Gasteiger partial charge in [0, 0.05) is 5.69 Å². The number of anilines is 1. The van der Waals surface area contributed by atoms with Crippen LogP contribution in [0.3, 0.4) is 0 Å². The molecule has 4 nitrogen and oxygen atoms in total. The van der Waals surface area contributed by atoms with Crippen molar-refractivity contribution in [3.05, 3.63) is 29.3 Å². The van der Waals surface area contributed by atoms with Gasteiger partial charge in [0.1, 0.15) is 0 Å². The molecule has 2 rings (SSSR count). The number of carboxylic acid groups (broad SMARTS) is 1. The number of hydrogen-bond donors (Lipinski definition) is 2. The van der Waals surface area contributed by atoms with Crippen LogP contribution in [0.25, 0.3) is 0 Å². The Morgan fingerprint density at radius 1 is 1.30 bits per heavy atom. The van der Waals surface area contributed by atoms with Gasteiger partial charge in [0.05, 0.1) is 17.4 Å². The maximum atomic E-state index is 12.7. The number of benzene rings is 1. The third-order valence-electron chi connectivity index (χ3n) is 3.34. The second-order valence-electron chi connectivity index (χ2n) is 4.75. The van der Waals surface area contributed by atoms with Crippen LogP contribution in [0, 0.1) is 18.8 Å². The highest BCUT2D eigenvalue weighted by atomic mass is 19.4. The summed E-state index contributed by atoms with van der Waals surface area (Å²) in [6.07, 6.45) is -4.27. The fourth-order valence-corrected chi connectivity index (χ4v) is 2.06. The Balaban J connectivity index is 2.15. The number of amides is 1. The van der Waals surface area contributed by atoms with Crippen molar-refractivity contribution in [2.24, 2.45) is 11.8 Å². The first-order valence-corrected chi connectivity index (χ1v) is 5.92. The van der Waals surface area contributed by atoms with Crippen LogP contribution in [0.5, 0.6) is 0 Å². The molecule has 7 heteroatoms. The summed E-state index contributed by atoms with van der Waals surface area (Å²) in [6, 6.07) is 3.50. The van der Waals surface area contributed by atoms with Crippen molar-refractivity contribution < 1.29 is 27.9 Å². The van der Waals surface area contributed by atoms with E-state index in [-0.39, 0.29) is 17.7 Å². The predicted molar refractivity (Wildman–Crippen MR) is 64.0 cm³/mol. The minimum absolute atomic E-state index is 0.0564. The van der Waals surface area contributed by atoms with Crippen LogP contribution in [0.1, 0.15) is 17.5 Å². The van der Waals surface area contributed by atoms with Crippen molar-refractivity contribution in [3.8, 4) is 0 Å². The normalized spacial score (nSPS) is 21.4. The van der Waals surface area contributed by atoms with E-state index in [1.807, 2.05) is 0 Å². The largest absolute Gasteiger partial charge is 0.481 e. The average molecular weight is 287 g/mol. The third-order valence-corrected chi connectivity index (χ3v) is 3.34. The quantitative estimate of drug-likeness (QED) is 0.898. The van der Waals surface area contributed by atoms with Crippen LogP contribution in [0.15, 0.2) is 18.2 Å². The molecule has 0 aliphatic heterocycles. The standard InChI is InChI=1S/C13H12F3NO3/c1-6-9(13(14,15)16)3-2-4-10(6)17-11(18)7-5-8(7)12(19)20/h2-4,7-8H,5H2,1H3,(H,17,18)(H,19,20)/t7-,8-/m1/s1. The lowest BCUT2D eigenvalue weighted by atomic mass is 10.1. The Morgan fingerprint density at radius 2 is 1.95 bits per heavy atom. The van der Waals surface area contributed by atoms with Gasteiger partial charge in [0.25, 0.3) is 0 Å². The lowest BCUT2D eigenvalue weighted by molar-refractivity contribution is -0.140. The molecule has 1 aliphatic carbocycles. The van der Waals surface area contributed by atoms with E-state index in [1.165, 1.54) is 19.1 Å². The molecule has 0 saturated heterocycles. The Hall–Kier alpha value is -2.05. The summed E-state index contributed by atoms with van der Waals surface area (Å²) in [5, 5.41) is 11.1. The zero-order valence-corrected chi connectivity index (χ0v) is 10.5. The van der Waals surface area contributed by atoms with Crippen LogP contribution in [0.4, 0.5) is 18.9 Å². The van der Waals surface area contributed by atoms with Crippen molar-refractivity contribution in [1.82, 2.24) is 0 Å². The van der Waals surface area contributed by atoms with Crippen LogP contribution in [0.2, 0.25) is 0 Å². The fourth-order valence-electron chi connectivity index (χ4n) is 2.06. The molecule has 1 fully saturated rings. The molecule has 0 radical (unpaired) electrons. The highest BCUT2D eigenvalue weighted by Gasteiger charge is 2.48. The molecule has 0 bridgehead atoms. The molecule has 0 heterocycles. The van der Waals surface area contributed by atoms with Crippen molar-refractivity contribution >= 4 is 17.6 Å². The van der Waals surface area contributed by atoms with E-state index in [0.29, 0.717) is 0 Å². The number of hydrogen-bond acceptors (Lipinski definition) is 2. The van der Waals surface area contributed by atoms with E-state index in [1.54, 1.807) is 0 Å². The SMILES string of the molecule is Cc1c(NC(=O)[C@@H]2C[C@H]2C(=O)O)cccc1C(F)(F)F. The Kier molecular flexibility index (Phi) is 3.45. The molecular weight excluding hydrogens is 275 g/mol. The second kappa shape index (κ2) is 4.81. The Morgan fingerprint density at radius 3 is 2.45 bits per heavy atom. The first kappa shape index (κ1) is 14.4. The first-order chi connectivity index (χ1) is 9.21. The van der Waals surface area contributed by atoms with Crippen LogP contribution < -0.4 is 5.32 Å². The van der Waals surface area contributed by atoms with Gasteiger partial charge < -0.3 is 10.4 Å². The van der Waals surface area contributed by atoms with Gasteiger partial charge in [-0.25, -0.2) is 0 Å². The number of carbonyl (C=O) groups is 2. The molecule has 1 aliphatic rings. The first-order valence-electron chi connectivity index (χ1n) is 5.92. The molecule has 1 saturated carbocycles. The van der Waals surface area contributed by atoms with Gasteiger partial charge in [0.15, 0.2) is 0 Å². The number of nitrogens with one attached hydrogen (secondary N) is 1. The van der Waals surface area contributed by atoms with E-state index < -0.39 is 35.5 Å². The van der Waals surface area contributed by atoms with Gasteiger partial charge in [0.2, 0.25) is 5.91 Å². The lowest BCUT2D eigenvalue weighted by Crippen LogP contribution is -2.18. The molecule has 0 spiro atoms. The number of halogens is 3. The van der Waals surface area contributed by atoms with Crippen molar-refractivity contribution in [2.45, 2.75) is 19.5 Å². The number of aliphatic carboxylic acids is 1. The molecule has 2 atom stereocenters. The van der Waals surface area contributed by atoms with Crippen LogP contribution in [-0.4, -0.2) is 17.0 Å². The highest BCUT2D eigenvalue weighted by molar-refractivity contribution is 5.98. The van der Waals surface area contributed by atoms with Gasteiger partial charge >= 0.3 is 12.1 Å². The summed E-state index contributed by atoms with van der Waals surface area (Å²) in [5.41, 5.74) is -0.845. The maximum absolute atomic E-state index is 12.7. The number of carbonyl (C=O) groups excluding carboxylic acids is 1. The molecule has 20 heavy (non-hydrogen) atoms. The zero-order valence-electron chi connectivity index (χ0n) is 10.5. The minimum Gasteiger partial charge on any atom is -0.481 e. The lowest BCUT2D eigenvalue weighted by Gasteiger charge is -2.14. The Labute approximate surface area is 112 Å². The maximum Gasteiger partial charge on any atom is 0.416 e. The van der Waals surface area contributed by atoms with E-state index in [9.17, 15) is 22.8 Å². The van der Waals surface area contributed by atoms with E-state index in [2.05, 4.69) is 5.32 Å². The second-order valence-corrected chi connectivity index (χ2v) is 4.75. The molecule has 0 aromatic heterocycles. The highest BCUT2D eigenvalue weighted by Crippen LogP contribution is 2.40. The van der Waals surface area contributed by atoms with Crippen molar-refractivity contribution in [1.29, 1.82) is 0 Å². The van der Waals surface area contributed by atoms with Gasteiger partial charge in [-0.3, -0.25) is 9.59 Å². The molecule has 0 unspecified atom stereocenters. The summed E-state index contributed by atoms with van der Waals surface area (Å²) in [5.74, 6) is -3.02. The van der Waals surface area contributed by atoms with Crippen LogP contribution in [-0.2, 0) is 15.8 Å². The van der Waals surface area contributed by atoms with Gasteiger partial charge in [-0.15, -0.1) is 0 Å². The number of alkyl halides is 3. The van der Waals surface area contributed by atoms with E-state index in [4.69, 9.17) is 5.11 Å². The number of carboxylic acids is 1. The summed E-state index contributed by atoms with van der Waals surface area (Å²) in [6.45, 7) is 1.26. The summed E-state index contributed by atoms with van der Waals surface area (Å²) >= 11 is 0. The third kappa shape index (κ3) is 2.76.